The molecule has 0 unspecified atom stereocenters. The second kappa shape index (κ2) is 9.15. The molecule has 9 atom stereocenters. The molecular weight excluding hydrogens is 456 g/mol. The van der Waals surface area contributed by atoms with Crippen molar-refractivity contribution in [3.63, 3.8) is 0 Å². The fourth-order valence-electron chi connectivity index (χ4n) is 4.67. The van der Waals surface area contributed by atoms with Crippen LogP contribution in [0.2, 0.25) is 0 Å². The number of hydrogen-bond acceptors (Lipinski definition) is 12. The lowest BCUT2D eigenvalue weighted by Gasteiger charge is -2.55. The topological polar surface area (TPSA) is 196 Å². The molecule has 1 aliphatic carbocycles. The number of aliphatic hydroxyl groups excluding tert-OH is 5. The van der Waals surface area contributed by atoms with E-state index in [-0.39, 0.29) is 17.9 Å². The van der Waals surface area contributed by atoms with Gasteiger partial charge < -0.3 is 54.7 Å². The highest BCUT2D eigenvalue weighted by Gasteiger charge is 2.65. The summed E-state index contributed by atoms with van der Waals surface area (Å²) in [5.74, 6) is -3.76. The summed E-state index contributed by atoms with van der Waals surface area (Å²) in [6, 6.07) is 4.37. The van der Waals surface area contributed by atoms with Crippen molar-refractivity contribution in [2.45, 2.75) is 60.5 Å². The molecule has 0 bridgehead atoms. The highest BCUT2D eigenvalue weighted by atomic mass is 16.7. The number of hydrogen-bond donors (Lipinski definition) is 7. The molecule has 0 spiro atoms. The fraction of sp³-hybridized carbons (Fsp3) is 0.591. The number of fused-ring (bicyclic) bond motifs is 1. The van der Waals surface area contributed by atoms with Gasteiger partial charge in [0.05, 0.1) is 26.7 Å². The smallest absolute Gasteiger partial charge is 0.209 e. The van der Waals surface area contributed by atoms with E-state index in [4.69, 9.17) is 18.9 Å². The standard InChI is InChI=1S/C22H28O12/c1-31-11-2-3-12(14(25)6-11)13-9-32-22(30)7-10(24)4-5-21(22,19(13)29)34-20-18(28)17(27)16(26)15(8-23)33-20/h2-6,13,15-20,23,25-30H,7-9H2,1H3/t13-,15+,16+,17-,18+,19+,20-,21+,22-/m0/s1. The van der Waals surface area contributed by atoms with Crippen LogP contribution in [-0.2, 0) is 19.0 Å². The van der Waals surface area contributed by atoms with Crippen molar-refractivity contribution in [2.24, 2.45) is 0 Å². The Labute approximate surface area is 194 Å². The number of rotatable bonds is 5. The van der Waals surface area contributed by atoms with E-state index >= 15 is 0 Å². The minimum atomic E-state index is -2.39. The van der Waals surface area contributed by atoms with Gasteiger partial charge in [0.25, 0.3) is 0 Å². The molecule has 0 saturated carbocycles. The van der Waals surface area contributed by atoms with Gasteiger partial charge >= 0.3 is 0 Å². The second-order valence-corrected chi connectivity index (χ2v) is 8.66. The zero-order chi connectivity index (χ0) is 24.8. The number of phenolic OH excluding ortho intramolecular Hbond substituents is 1. The average Bonchev–Trinajstić information content (AvgIpc) is 2.81. The van der Waals surface area contributed by atoms with Crippen molar-refractivity contribution < 1.29 is 59.5 Å². The van der Waals surface area contributed by atoms with Gasteiger partial charge in [-0.3, -0.25) is 4.79 Å². The molecule has 4 rings (SSSR count). The minimum absolute atomic E-state index is 0.226. The summed E-state index contributed by atoms with van der Waals surface area (Å²) in [5.41, 5.74) is -1.97. The number of aliphatic hydroxyl groups is 6. The van der Waals surface area contributed by atoms with Crippen LogP contribution in [0.15, 0.2) is 30.4 Å². The van der Waals surface area contributed by atoms with Gasteiger partial charge in [-0.05, 0) is 18.2 Å². The van der Waals surface area contributed by atoms with Gasteiger partial charge in [-0.15, -0.1) is 0 Å². The summed E-state index contributed by atoms with van der Waals surface area (Å²) in [6.45, 7) is -1.03. The van der Waals surface area contributed by atoms with Crippen LogP contribution < -0.4 is 4.74 Å². The number of aromatic hydroxyl groups is 1. The molecule has 0 amide bonds. The SMILES string of the molecule is COc1ccc([C@@H]2CO[C@@]3(O)CC(=O)C=C[C@@]3(O[C@@H]3O[C@H](CO)[C@@H](O)[C@H](O)[C@H]3O)[C@@H]2O)c(O)c1. The van der Waals surface area contributed by atoms with E-state index in [1.54, 1.807) is 6.07 Å². The van der Waals surface area contributed by atoms with E-state index in [9.17, 15) is 40.5 Å². The third-order valence-corrected chi connectivity index (χ3v) is 6.66. The predicted molar refractivity (Wildman–Crippen MR) is 111 cm³/mol. The maximum atomic E-state index is 12.1. The second-order valence-electron chi connectivity index (χ2n) is 8.66. The molecule has 188 valence electrons. The van der Waals surface area contributed by atoms with Gasteiger partial charge in [0, 0.05) is 17.5 Å². The molecule has 2 fully saturated rings. The molecule has 2 saturated heterocycles. The zero-order valence-electron chi connectivity index (χ0n) is 18.2. The van der Waals surface area contributed by atoms with Crippen LogP contribution in [0.1, 0.15) is 17.9 Å². The first-order valence-electron chi connectivity index (χ1n) is 10.7. The Kier molecular flexibility index (Phi) is 6.72. The number of methoxy groups -OCH3 is 1. The Morgan fingerprint density at radius 3 is 2.53 bits per heavy atom. The van der Waals surface area contributed by atoms with E-state index in [0.717, 1.165) is 12.2 Å². The number of phenols is 1. The van der Waals surface area contributed by atoms with Crippen molar-refractivity contribution >= 4 is 5.78 Å². The van der Waals surface area contributed by atoms with E-state index in [1.807, 2.05) is 0 Å². The van der Waals surface area contributed by atoms with Crippen LogP contribution in [-0.4, -0.2) is 110 Å². The van der Waals surface area contributed by atoms with Crippen molar-refractivity contribution in [1.82, 2.24) is 0 Å². The first kappa shape index (κ1) is 25.0. The molecule has 7 N–H and O–H groups in total. The first-order chi connectivity index (χ1) is 16.1. The molecular formula is C22H28O12. The number of carbonyl (C=O) groups excluding carboxylic acids is 1. The number of carbonyl (C=O) groups is 1. The first-order valence-corrected chi connectivity index (χ1v) is 10.7. The molecule has 0 radical (unpaired) electrons. The maximum Gasteiger partial charge on any atom is 0.209 e. The van der Waals surface area contributed by atoms with E-state index in [1.165, 1.54) is 19.2 Å². The molecule has 3 aliphatic rings. The van der Waals surface area contributed by atoms with Gasteiger partial charge in [0.1, 0.15) is 42.0 Å². The highest BCUT2D eigenvalue weighted by molar-refractivity contribution is 5.92. The number of benzene rings is 1. The quantitative estimate of drug-likeness (QED) is 0.235. The van der Waals surface area contributed by atoms with Crippen molar-refractivity contribution in [3.05, 3.63) is 35.9 Å². The Balaban J connectivity index is 1.74. The van der Waals surface area contributed by atoms with Gasteiger partial charge in [0.2, 0.25) is 5.79 Å². The van der Waals surface area contributed by atoms with Gasteiger partial charge in [-0.25, -0.2) is 0 Å². The zero-order valence-corrected chi connectivity index (χ0v) is 18.2. The van der Waals surface area contributed by atoms with E-state index in [0.29, 0.717) is 5.75 Å². The molecule has 0 aromatic heterocycles. The summed E-state index contributed by atoms with van der Waals surface area (Å²) >= 11 is 0. The Morgan fingerprint density at radius 2 is 1.88 bits per heavy atom. The molecule has 2 heterocycles. The Morgan fingerprint density at radius 1 is 1.15 bits per heavy atom. The van der Waals surface area contributed by atoms with Crippen LogP contribution in [0.25, 0.3) is 0 Å². The molecule has 1 aromatic carbocycles. The third kappa shape index (κ3) is 3.90. The van der Waals surface area contributed by atoms with Crippen LogP contribution in [0.4, 0.5) is 0 Å². The third-order valence-electron chi connectivity index (χ3n) is 6.66. The molecule has 34 heavy (non-hydrogen) atoms. The minimum Gasteiger partial charge on any atom is -0.508 e. The average molecular weight is 484 g/mol. The maximum absolute atomic E-state index is 12.1. The van der Waals surface area contributed by atoms with Crippen molar-refractivity contribution in [1.29, 1.82) is 0 Å². The predicted octanol–water partition coefficient (Wildman–Crippen LogP) is -2.35. The summed E-state index contributed by atoms with van der Waals surface area (Å²) < 4.78 is 22.0. The molecule has 1 aromatic rings. The van der Waals surface area contributed by atoms with Gasteiger partial charge in [0.15, 0.2) is 17.7 Å². The van der Waals surface area contributed by atoms with Crippen LogP contribution in [0.3, 0.4) is 0 Å². The van der Waals surface area contributed by atoms with Gasteiger partial charge in [-0.2, -0.15) is 0 Å². The largest absolute Gasteiger partial charge is 0.508 e. The Bertz CT molecular complexity index is 950. The van der Waals surface area contributed by atoms with E-state index < -0.39 is 72.9 Å². The van der Waals surface area contributed by atoms with Gasteiger partial charge in [-0.1, -0.05) is 6.07 Å². The lowest BCUT2D eigenvalue weighted by Crippen LogP contribution is -2.72. The van der Waals surface area contributed by atoms with Crippen molar-refractivity contribution in [3.8, 4) is 11.5 Å². The summed E-state index contributed by atoms with van der Waals surface area (Å²) in [4.78, 5) is 12.1. The normalized spacial score (nSPS) is 42.3. The van der Waals surface area contributed by atoms with Crippen LogP contribution >= 0.6 is 0 Å². The number of ether oxygens (including phenoxy) is 4. The summed E-state index contributed by atoms with van der Waals surface area (Å²) in [6.07, 6.45) is -8.44. The lowest BCUT2D eigenvalue weighted by atomic mass is 9.71. The van der Waals surface area contributed by atoms with E-state index in [2.05, 4.69) is 0 Å². The summed E-state index contributed by atoms with van der Waals surface area (Å²) in [7, 11) is 1.42. The number of ketones is 1. The fourth-order valence-corrected chi connectivity index (χ4v) is 4.67. The van der Waals surface area contributed by atoms with Crippen LogP contribution in [0.5, 0.6) is 11.5 Å². The lowest BCUT2D eigenvalue weighted by molar-refractivity contribution is -0.400. The molecule has 2 aliphatic heterocycles. The van der Waals surface area contributed by atoms with Crippen LogP contribution in [0, 0.1) is 0 Å². The molecule has 12 heteroatoms. The van der Waals surface area contributed by atoms with Crippen molar-refractivity contribution in [2.75, 3.05) is 20.3 Å². The highest BCUT2D eigenvalue weighted by Crippen LogP contribution is 2.50. The summed E-state index contributed by atoms with van der Waals surface area (Å²) in [5, 5.41) is 73.4. The number of allylic oxidation sites excluding steroid dienone is 1. The monoisotopic (exact) mass is 484 g/mol. The Hall–Kier alpha value is -2.13. The molecule has 12 nitrogen and oxygen atoms in total.